The first-order chi connectivity index (χ1) is 7.78. The molecule has 2 nitrogen and oxygen atoms in total. The third kappa shape index (κ3) is 5.87. The average molecular weight is 240 g/mol. The molecule has 1 aliphatic heterocycles. The zero-order chi connectivity index (χ0) is 13.1. The molecule has 0 bridgehead atoms. The first kappa shape index (κ1) is 15.0. The smallest absolute Gasteiger partial charge is 0.00451 e. The SMILES string of the molecule is CC1CC(C)CN(CC(C)(C)CNC(C)C)C1. The van der Waals surface area contributed by atoms with E-state index >= 15 is 0 Å². The van der Waals surface area contributed by atoms with Crippen LogP contribution in [0.3, 0.4) is 0 Å². The predicted octanol–water partition coefficient (Wildman–Crippen LogP) is 2.99. The largest absolute Gasteiger partial charge is 0.314 e. The van der Waals surface area contributed by atoms with Crippen LogP contribution in [0.4, 0.5) is 0 Å². The Balaban J connectivity index is 2.40. The highest BCUT2D eigenvalue weighted by Crippen LogP contribution is 2.24. The van der Waals surface area contributed by atoms with Gasteiger partial charge in [-0.2, -0.15) is 0 Å². The monoisotopic (exact) mass is 240 g/mol. The maximum absolute atomic E-state index is 3.57. The van der Waals surface area contributed by atoms with Gasteiger partial charge in [0.2, 0.25) is 0 Å². The molecule has 2 heteroatoms. The Morgan fingerprint density at radius 3 is 2.18 bits per heavy atom. The van der Waals surface area contributed by atoms with Gasteiger partial charge >= 0.3 is 0 Å². The van der Waals surface area contributed by atoms with Gasteiger partial charge in [0.05, 0.1) is 0 Å². The van der Waals surface area contributed by atoms with Crippen molar-refractivity contribution in [1.82, 2.24) is 10.2 Å². The van der Waals surface area contributed by atoms with Crippen molar-refractivity contribution in [2.45, 2.75) is 54.0 Å². The first-order valence-corrected chi connectivity index (χ1v) is 7.24. The number of hydrogen-bond donors (Lipinski definition) is 1. The molecule has 1 heterocycles. The minimum Gasteiger partial charge on any atom is -0.314 e. The van der Waals surface area contributed by atoms with Crippen LogP contribution >= 0.6 is 0 Å². The van der Waals surface area contributed by atoms with Crippen molar-refractivity contribution in [2.75, 3.05) is 26.2 Å². The molecule has 102 valence electrons. The van der Waals surface area contributed by atoms with Gasteiger partial charge in [-0.3, -0.25) is 0 Å². The van der Waals surface area contributed by atoms with E-state index in [2.05, 4.69) is 51.8 Å². The second-order valence-corrected chi connectivity index (χ2v) is 7.34. The molecule has 0 amide bonds. The van der Waals surface area contributed by atoms with Crippen LogP contribution in [-0.2, 0) is 0 Å². The Kier molecular flexibility index (Phi) is 5.46. The van der Waals surface area contributed by atoms with Crippen molar-refractivity contribution < 1.29 is 0 Å². The van der Waals surface area contributed by atoms with E-state index in [0.717, 1.165) is 18.4 Å². The van der Waals surface area contributed by atoms with Gasteiger partial charge in [0, 0.05) is 32.2 Å². The van der Waals surface area contributed by atoms with Crippen LogP contribution in [0.2, 0.25) is 0 Å². The van der Waals surface area contributed by atoms with Gasteiger partial charge in [0.15, 0.2) is 0 Å². The Labute approximate surface area is 108 Å². The maximum Gasteiger partial charge on any atom is 0.00451 e. The summed E-state index contributed by atoms with van der Waals surface area (Å²) in [6.07, 6.45) is 1.40. The van der Waals surface area contributed by atoms with Crippen LogP contribution in [0.5, 0.6) is 0 Å². The molecule has 0 spiro atoms. The molecule has 1 aliphatic rings. The summed E-state index contributed by atoms with van der Waals surface area (Å²) in [5.41, 5.74) is 0.376. The van der Waals surface area contributed by atoms with Gasteiger partial charge in [-0.05, 0) is 23.7 Å². The number of rotatable bonds is 5. The average Bonchev–Trinajstić information content (AvgIpc) is 2.12. The number of nitrogens with zero attached hydrogens (tertiary/aromatic N) is 1. The zero-order valence-electron chi connectivity index (χ0n) is 12.7. The standard InChI is InChI=1S/C15H32N2/c1-12(2)16-10-15(5,6)11-17-8-13(3)7-14(4)9-17/h12-14,16H,7-11H2,1-6H3. The third-order valence-electron chi connectivity index (χ3n) is 3.58. The summed E-state index contributed by atoms with van der Waals surface area (Å²) in [4.78, 5) is 2.67. The third-order valence-corrected chi connectivity index (χ3v) is 3.58. The molecule has 0 aromatic rings. The lowest BCUT2D eigenvalue weighted by molar-refractivity contribution is 0.0952. The van der Waals surface area contributed by atoms with E-state index in [1.165, 1.54) is 26.1 Å². The Hall–Kier alpha value is -0.0800. The fourth-order valence-electron chi connectivity index (χ4n) is 3.06. The van der Waals surface area contributed by atoms with E-state index in [-0.39, 0.29) is 0 Å². The molecule has 1 saturated heterocycles. The van der Waals surface area contributed by atoms with Gasteiger partial charge in [-0.1, -0.05) is 41.5 Å². The predicted molar refractivity (Wildman–Crippen MR) is 76.3 cm³/mol. The molecule has 0 radical (unpaired) electrons. The summed E-state index contributed by atoms with van der Waals surface area (Å²) in [6.45, 7) is 18.9. The van der Waals surface area contributed by atoms with Gasteiger partial charge in [-0.15, -0.1) is 0 Å². The van der Waals surface area contributed by atoms with Crippen LogP contribution in [0.25, 0.3) is 0 Å². The van der Waals surface area contributed by atoms with Crippen LogP contribution in [0.15, 0.2) is 0 Å². The van der Waals surface area contributed by atoms with Crippen molar-refractivity contribution >= 4 is 0 Å². The van der Waals surface area contributed by atoms with Crippen molar-refractivity contribution in [3.8, 4) is 0 Å². The van der Waals surface area contributed by atoms with E-state index < -0.39 is 0 Å². The lowest BCUT2D eigenvalue weighted by Gasteiger charge is -2.40. The Morgan fingerprint density at radius 1 is 1.18 bits per heavy atom. The Bertz CT molecular complexity index is 213. The van der Waals surface area contributed by atoms with Crippen molar-refractivity contribution in [3.05, 3.63) is 0 Å². The summed E-state index contributed by atoms with van der Waals surface area (Å²) in [7, 11) is 0. The van der Waals surface area contributed by atoms with Crippen LogP contribution in [0.1, 0.15) is 48.0 Å². The molecular formula is C15H32N2. The molecule has 0 aliphatic carbocycles. The highest BCUT2D eigenvalue weighted by Gasteiger charge is 2.27. The highest BCUT2D eigenvalue weighted by atomic mass is 15.1. The van der Waals surface area contributed by atoms with E-state index in [9.17, 15) is 0 Å². The second kappa shape index (κ2) is 6.19. The maximum atomic E-state index is 3.57. The minimum atomic E-state index is 0.376. The van der Waals surface area contributed by atoms with Gasteiger partial charge in [0.1, 0.15) is 0 Å². The topological polar surface area (TPSA) is 15.3 Å². The fraction of sp³-hybridized carbons (Fsp3) is 1.00. The summed E-state index contributed by atoms with van der Waals surface area (Å²) < 4.78 is 0. The van der Waals surface area contributed by atoms with Gasteiger partial charge < -0.3 is 10.2 Å². The summed E-state index contributed by atoms with van der Waals surface area (Å²) in [6, 6.07) is 0.591. The summed E-state index contributed by atoms with van der Waals surface area (Å²) in [5, 5.41) is 3.57. The molecule has 1 N–H and O–H groups in total. The molecule has 2 unspecified atom stereocenters. The molecule has 1 fully saturated rings. The normalized spacial score (nSPS) is 27.7. The molecule has 1 rings (SSSR count). The Morgan fingerprint density at radius 2 is 1.71 bits per heavy atom. The van der Waals surface area contributed by atoms with Crippen LogP contribution in [0, 0.1) is 17.3 Å². The van der Waals surface area contributed by atoms with E-state index in [1.807, 2.05) is 0 Å². The number of nitrogens with one attached hydrogen (secondary N) is 1. The van der Waals surface area contributed by atoms with E-state index in [4.69, 9.17) is 0 Å². The van der Waals surface area contributed by atoms with Crippen LogP contribution < -0.4 is 5.32 Å². The molecule has 2 atom stereocenters. The lowest BCUT2D eigenvalue weighted by atomic mass is 9.87. The number of piperidine rings is 1. The molecular weight excluding hydrogens is 208 g/mol. The van der Waals surface area contributed by atoms with Crippen molar-refractivity contribution in [3.63, 3.8) is 0 Å². The van der Waals surface area contributed by atoms with Crippen molar-refractivity contribution in [2.24, 2.45) is 17.3 Å². The van der Waals surface area contributed by atoms with Gasteiger partial charge in [0.25, 0.3) is 0 Å². The molecule has 17 heavy (non-hydrogen) atoms. The second-order valence-electron chi connectivity index (χ2n) is 7.34. The lowest BCUT2D eigenvalue weighted by Crippen LogP contribution is -2.47. The number of likely N-dealkylation sites (tertiary alicyclic amines) is 1. The fourth-order valence-corrected chi connectivity index (χ4v) is 3.06. The summed E-state index contributed by atoms with van der Waals surface area (Å²) >= 11 is 0. The van der Waals surface area contributed by atoms with Crippen LogP contribution in [-0.4, -0.2) is 37.1 Å². The zero-order valence-corrected chi connectivity index (χ0v) is 12.7. The quantitative estimate of drug-likeness (QED) is 0.795. The summed E-state index contributed by atoms with van der Waals surface area (Å²) in [5.74, 6) is 1.74. The molecule has 0 saturated carbocycles. The van der Waals surface area contributed by atoms with Crippen molar-refractivity contribution in [1.29, 1.82) is 0 Å². The van der Waals surface area contributed by atoms with E-state index in [0.29, 0.717) is 11.5 Å². The molecule has 0 aromatic carbocycles. The molecule has 0 aromatic heterocycles. The first-order valence-electron chi connectivity index (χ1n) is 7.24. The highest BCUT2D eigenvalue weighted by molar-refractivity contribution is 4.82. The number of hydrogen-bond acceptors (Lipinski definition) is 2. The van der Waals surface area contributed by atoms with Gasteiger partial charge in [-0.25, -0.2) is 0 Å². The minimum absolute atomic E-state index is 0.376. The van der Waals surface area contributed by atoms with E-state index in [1.54, 1.807) is 0 Å².